The first-order valence-electron chi connectivity index (χ1n) is 3.24. The third-order valence-electron chi connectivity index (χ3n) is 1.39. The van der Waals surface area contributed by atoms with Gasteiger partial charge in [-0.3, -0.25) is 0 Å². The maximum absolute atomic E-state index is 12.0. The number of nitrogen functional groups attached to an aromatic ring is 1. The lowest BCUT2D eigenvalue weighted by Crippen LogP contribution is -2.00. The molecule has 0 fully saturated rings. The molecule has 0 spiro atoms. The van der Waals surface area contributed by atoms with Crippen LogP contribution in [-0.2, 0) is 6.67 Å². The van der Waals surface area contributed by atoms with Crippen molar-refractivity contribution in [2.24, 2.45) is 0 Å². The summed E-state index contributed by atoms with van der Waals surface area (Å²) in [6, 6.07) is 2.28. The number of hydrogen-bond donors (Lipinski definition) is 1. The second kappa shape index (κ2) is 3.42. The monoisotopic (exact) mass is 176 g/mol. The van der Waals surface area contributed by atoms with E-state index in [-0.39, 0.29) is 17.1 Å². The highest BCUT2D eigenvalue weighted by molar-refractivity contribution is 5.40. The van der Waals surface area contributed by atoms with Crippen LogP contribution in [0.2, 0.25) is 0 Å². The van der Waals surface area contributed by atoms with Crippen LogP contribution < -0.4 is 5.73 Å². The molecule has 1 aromatic rings. The number of hydrogen-bond acceptors (Lipinski definition) is 2. The van der Waals surface area contributed by atoms with E-state index in [1.807, 2.05) is 0 Å². The number of halogens is 3. The molecule has 0 aliphatic rings. The highest BCUT2D eigenvalue weighted by atomic mass is 19.3. The van der Waals surface area contributed by atoms with E-state index in [9.17, 15) is 13.2 Å². The van der Waals surface area contributed by atoms with Crippen LogP contribution in [-0.4, -0.2) is 4.98 Å². The first-order chi connectivity index (χ1) is 5.65. The molecule has 0 saturated carbocycles. The predicted octanol–water partition coefficient (Wildman–Crippen LogP) is 2.07. The van der Waals surface area contributed by atoms with E-state index in [4.69, 9.17) is 5.73 Å². The number of pyridine rings is 1. The third kappa shape index (κ3) is 1.66. The second-order valence-corrected chi connectivity index (χ2v) is 2.21. The summed E-state index contributed by atoms with van der Waals surface area (Å²) in [6.07, 6.45) is -2.66. The van der Waals surface area contributed by atoms with E-state index in [2.05, 4.69) is 4.98 Å². The van der Waals surface area contributed by atoms with Crippen LogP contribution in [0.3, 0.4) is 0 Å². The number of alkyl halides is 3. The number of anilines is 1. The lowest BCUT2D eigenvalue weighted by molar-refractivity contribution is 0.152. The molecule has 0 aliphatic heterocycles. The molecule has 2 nitrogen and oxygen atoms in total. The summed E-state index contributed by atoms with van der Waals surface area (Å²) in [5.74, 6) is -0.305. The molecule has 0 saturated heterocycles. The second-order valence-electron chi connectivity index (χ2n) is 2.21. The fourth-order valence-electron chi connectivity index (χ4n) is 0.787. The Bertz CT molecular complexity index is 275. The van der Waals surface area contributed by atoms with Crippen molar-refractivity contribution in [1.82, 2.24) is 4.98 Å². The maximum Gasteiger partial charge on any atom is 0.267 e. The van der Waals surface area contributed by atoms with Gasteiger partial charge in [-0.2, -0.15) is 0 Å². The van der Waals surface area contributed by atoms with Gasteiger partial charge in [0.25, 0.3) is 6.43 Å². The van der Waals surface area contributed by atoms with Crippen LogP contribution >= 0.6 is 0 Å². The molecule has 0 bridgehead atoms. The molecule has 0 aliphatic carbocycles. The zero-order valence-electron chi connectivity index (χ0n) is 6.10. The van der Waals surface area contributed by atoms with Crippen LogP contribution in [0.4, 0.5) is 19.0 Å². The summed E-state index contributed by atoms with van der Waals surface area (Å²) < 4.78 is 36.0. The highest BCUT2D eigenvalue weighted by Gasteiger charge is 2.12. The summed E-state index contributed by atoms with van der Waals surface area (Å²) in [5, 5.41) is 0. The number of rotatable bonds is 2. The van der Waals surface area contributed by atoms with E-state index in [0.717, 1.165) is 6.07 Å². The number of nitrogens with zero attached hydrogens (tertiary/aromatic N) is 1. The molecule has 5 heteroatoms. The topological polar surface area (TPSA) is 38.9 Å². The van der Waals surface area contributed by atoms with Gasteiger partial charge in [-0.25, -0.2) is 18.2 Å². The van der Waals surface area contributed by atoms with Gasteiger partial charge in [0.1, 0.15) is 12.5 Å². The fourth-order valence-corrected chi connectivity index (χ4v) is 0.787. The van der Waals surface area contributed by atoms with Gasteiger partial charge in [0.2, 0.25) is 0 Å². The van der Waals surface area contributed by atoms with E-state index in [1.165, 1.54) is 6.07 Å². The van der Waals surface area contributed by atoms with Crippen LogP contribution in [0.5, 0.6) is 0 Å². The molecule has 0 atom stereocenters. The predicted molar refractivity (Wildman–Crippen MR) is 38.4 cm³/mol. The molecular weight excluding hydrogens is 169 g/mol. The highest BCUT2D eigenvalue weighted by Crippen LogP contribution is 2.23. The van der Waals surface area contributed by atoms with Gasteiger partial charge in [-0.05, 0) is 12.1 Å². The summed E-state index contributed by atoms with van der Waals surface area (Å²) >= 11 is 0. The van der Waals surface area contributed by atoms with Gasteiger partial charge in [0.15, 0.2) is 0 Å². The van der Waals surface area contributed by atoms with E-state index in [0.29, 0.717) is 0 Å². The average Bonchev–Trinajstić information content (AvgIpc) is 2.03. The van der Waals surface area contributed by atoms with Crippen LogP contribution in [0.1, 0.15) is 17.7 Å². The van der Waals surface area contributed by atoms with Crippen molar-refractivity contribution < 1.29 is 13.2 Å². The average molecular weight is 176 g/mol. The molecule has 0 radical (unpaired) electrons. The third-order valence-corrected chi connectivity index (χ3v) is 1.39. The molecule has 66 valence electrons. The van der Waals surface area contributed by atoms with Gasteiger partial charge in [-0.15, -0.1) is 0 Å². The zero-order valence-corrected chi connectivity index (χ0v) is 6.10. The summed E-state index contributed by atoms with van der Waals surface area (Å²) in [7, 11) is 0. The molecule has 0 unspecified atom stereocenters. The van der Waals surface area contributed by atoms with Crippen molar-refractivity contribution in [3.63, 3.8) is 0 Å². The number of aromatic nitrogens is 1. The standard InChI is InChI=1S/C7H7F3N2/c8-3-4-1-2-5(6(9)10)7(11)12-4/h1-2,6H,3H2,(H2,11,12). The molecule has 1 rings (SSSR count). The maximum atomic E-state index is 12.0. The molecule has 12 heavy (non-hydrogen) atoms. The quantitative estimate of drug-likeness (QED) is 0.749. The van der Waals surface area contributed by atoms with Crippen molar-refractivity contribution in [1.29, 1.82) is 0 Å². The Labute approximate surface area is 67.2 Å². The van der Waals surface area contributed by atoms with Gasteiger partial charge in [-0.1, -0.05) is 0 Å². The first-order valence-corrected chi connectivity index (χ1v) is 3.24. The first kappa shape index (κ1) is 8.83. The summed E-state index contributed by atoms with van der Waals surface area (Å²) in [6.45, 7) is -0.798. The van der Waals surface area contributed by atoms with Crippen LogP contribution in [0.15, 0.2) is 12.1 Å². The van der Waals surface area contributed by atoms with Crippen molar-refractivity contribution in [3.05, 3.63) is 23.4 Å². The summed E-state index contributed by atoms with van der Waals surface area (Å²) in [4.78, 5) is 3.44. The van der Waals surface area contributed by atoms with Gasteiger partial charge in [0, 0.05) is 0 Å². The lowest BCUT2D eigenvalue weighted by Gasteiger charge is -2.03. The van der Waals surface area contributed by atoms with E-state index in [1.54, 1.807) is 0 Å². The Kier molecular flexibility index (Phi) is 2.52. The normalized spacial score (nSPS) is 10.7. The minimum Gasteiger partial charge on any atom is -0.383 e. The van der Waals surface area contributed by atoms with Gasteiger partial charge < -0.3 is 5.73 Å². The fraction of sp³-hybridized carbons (Fsp3) is 0.286. The molecule has 0 aromatic carbocycles. The SMILES string of the molecule is Nc1nc(CF)ccc1C(F)F. The van der Waals surface area contributed by atoms with Crippen molar-refractivity contribution in [2.45, 2.75) is 13.1 Å². The molecule has 0 amide bonds. The Balaban J connectivity index is 3.03. The smallest absolute Gasteiger partial charge is 0.267 e. The Morgan fingerprint density at radius 2 is 2.08 bits per heavy atom. The van der Waals surface area contributed by atoms with Gasteiger partial charge >= 0.3 is 0 Å². The number of nitrogens with two attached hydrogens (primary N) is 1. The Hall–Kier alpha value is -1.26. The zero-order chi connectivity index (χ0) is 9.14. The molecule has 1 heterocycles. The van der Waals surface area contributed by atoms with Crippen molar-refractivity contribution in [3.8, 4) is 0 Å². The summed E-state index contributed by atoms with van der Waals surface area (Å²) in [5.41, 5.74) is 4.85. The Morgan fingerprint density at radius 1 is 1.42 bits per heavy atom. The Morgan fingerprint density at radius 3 is 2.50 bits per heavy atom. The van der Waals surface area contributed by atoms with Crippen LogP contribution in [0.25, 0.3) is 0 Å². The van der Waals surface area contributed by atoms with Crippen molar-refractivity contribution in [2.75, 3.05) is 5.73 Å². The molecule has 2 N–H and O–H groups in total. The lowest BCUT2D eigenvalue weighted by atomic mass is 10.2. The minimum absolute atomic E-state index is 0.0666. The van der Waals surface area contributed by atoms with E-state index < -0.39 is 13.1 Å². The van der Waals surface area contributed by atoms with Crippen molar-refractivity contribution >= 4 is 5.82 Å². The molecular formula is C7H7F3N2. The van der Waals surface area contributed by atoms with Crippen LogP contribution in [0, 0.1) is 0 Å². The molecule has 1 aromatic heterocycles. The largest absolute Gasteiger partial charge is 0.383 e. The van der Waals surface area contributed by atoms with Gasteiger partial charge in [0.05, 0.1) is 11.3 Å². The van der Waals surface area contributed by atoms with E-state index >= 15 is 0 Å². The minimum atomic E-state index is -2.66.